The number of rotatable bonds is 4. The molecule has 0 bridgehead atoms. The van der Waals surface area contributed by atoms with Crippen LogP contribution in [0.15, 0.2) is 29.2 Å². The molecule has 92 valence electrons. The lowest BCUT2D eigenvalue weighted by Crippen LogP contribution is -2.35. The number of nitrogens with one attached hydrogen (secondary N) is 1. The molecule has 1 atom stereocenters. The fourth-order valence-electron chi connectivity index (χ4n) is 0.938. The van der Waals surface area contributed by atoms with Crippen LogP contribution in [0.2, 0.25) is 5.02 Å². The molecule has 0 amide bonds. The van der Waals surface area contributed by atoms with Crippen molar-refractivity contribution in [3.63, 3.8) is 0 Å². The molecular weight excluding hydrogens is 271 g/mol. The molecule has 16 heavy (non-hydrogen) atoms. The van der Waals surface area contributed by atoms with E-state index in [9.17, 15) is 8.42 Å². The van der Waals surface area contributed by atoms with Crippen molar-refractivity contribution < 1.29 is 8.42 Å². The van der Waals surface area contributed by atoms with E-state index in [4.69, 9.17) is 17.3 Å². The molecule has 1 aromatic carbocycles. The summed E-state index contributed by atoms with van der Waals surface area (Å²) in [5, 5.41) is 0.501. The van der Waals surface area contributed by atoms with Crippen molar-refractivity contribution in [3.05, 3.63) is 29.3 Å². The lowest BCUT2D eigenvalue weighted by molar-refractivity contribution is 0.574. The van der Waals surface area contributed by atoms with Crippen LogP contribution in [0, 0.1) is 0 Å². The molecule has 0 saturated carbocycles. The first-order valence-corrected chi connectivity index (χ1v) is 6.29. The standard InChI is InChI=1S/C9H13ClN2O2S.ClH/c1-7(11)6-12-15(13,14)9-4-2-8(10)3-5-9;/h2-5,7,12H,6,11H2,1H3;1H. The molecule has 1 aromatic rings. The van der Waals surface area contributed by atoms with Gasteiger partial charge in [-0.2, -0.15) is 0 Å². The van der Waals surface area contributed by atoms with Crippen LogP contribution in [-0.2, 0) is 10.0 Å². The van der Waals surface area contributed by atoms with Gasteiger partial charge in [0.05, 0.1) is 4.90 Å². The second kappa shape index (κ2) is 6.42. The smallest absolute Gasteiger partial charge is 0.240 e. The van der Waals surface area contributed by atoms with E-state index >= 15 is 0 Å². The first-order valence-electron chi connectivity index (χ1n) is 4.42. The summed E-state index contributed by atoms with van der Waals surface area (Å²) >= 11 is 5.65. The van der Waals surface area contributed by atoms with E-state index in [1.165, 1.54) is 24.3 Å². The third-order valence-corrected chi connectivity index (χ3v) is 3.41. The maximum Gasteiger partial charge on any atom is 0.240 e. The zero-order valence-corrected chi connectivity index (χ0v) is 11.1. The number of benzene rings is 1. The Balaban J connectivity index is 0.00000225. The van der Waals surface area contributed by atoms with Gasteiger partial charge in [-0.3, -0.25) is 0 Å². The predicted molar refractivity (Wildman–Crippen MR) is 67.5 cm³/mol. The summed E-state index contributed by atoms with van der Waals surface area (Å²) in [5.74, 6) is 0. The van der Waals surface area contributed by atoms with Crippen molar-refractivity contribution in [2.24, 2.45) is 5.73 Å². The molecule has 0 spiro atoms. The van der Waals surface area contributed by atoms with Crippen molar-refractivity contribution in [3.8, 4) is 0 Å². The molecule has 0 aliphatic rings. The molecule has 0 fully saturated rings. The summed E-state index contributed by atoms with van der Waals surface area (Å²) in [4.78, 5) is 0.188. The zero-order valence-electron chi connectivity index (χ0n) is 8.68. The first kappa shape index (κ1) is 15.7. The van der Waals surface area contributed by atoms with Gasteiger partial charge >= 0.3 is 0 Å². The van der Waals surface area contributed by atoms with Crippen molar-refractivity contribution in [1.29, 1.82) is 0 Å². The number of hydrogen-bond donors (Lipinski definition) is 2. The van der Waals surface area contributed by atoms with Crippen LogP contribution in [0.25, 0.3) is 0 Å². The molecule has 0 saturated heterocycles. The van der Waals surface area contributed by atoms with Crippen LogP contribution < -0.4 is 10.5 Å². The lowest BCUT2D eigenvalue weighted by atomic mass is 10.4. The van der Waals surface area contributed by atoms with Gasteiger partial charge in [-0.1, -0.05) is 11.6 Å². The summed E-state index contributed by atoms with van der Waals surface area (Å²) in [6.07, 6.45) is 0. The fourth-order valence-corrected chi connectivity index (χ4v) is 2.21. The molecule has 7 heteroatoms. The van der Waals surface area contributed by atoms with Crippen LogP contribution in [0.5, 0.6) is 0 Å². The van der Waals surface area contributed by atoms with Gasteiger partial charge in [-0.25, -0.2) is 13.1 Å². The highest BCUT2D eigenvalue weighted by molar-refractivity contribution is 7.89. The predicted octanol–water partition coefficient (Wildman–Crippen LogP) is 1.39. The van der Waals surface area contributed by atoms with Crippen LogP contribution in [-0.4, -0.2) is 21.0 Å². The Morgan fingerprint density at radius 1 is 1.38 bits per heavy atom. The van der Waals surface area contributed by atoms with Crippen LogP contribution >= 0.6 is 24.0 Å². The van der Waals surface area contributed by atoms with Gasteiger partial charge in [0, 0.05) is 17.6 Å². The minimum atomic E-state index is -3.46. The van der Waals surface area contributed by atoms with Gasteiger partial charge in [0.25, 0.3) is 0 Å². The third-order valence-electron chi connectivity index (χ3n) is 1.72. The van der Waals surface area contributed by atoms with E-state index in [1.807, 2.05) is 0 Å². The highest BCUT2D eigenvalue weighted by Crippen LogP contribution is 2.13. The molecule has 0 aromatic heterocycles. The van der Waals surface area contributed by atoms with Gasteiger partial charge < -0.3 is 5.73 Å². The first-order chi connectivity index (χ1) is 6.92. The maximum absolute atomic E-state index is 11.6. The normalized spacial score (nSPS) is 12.9. The summed E-state index contributed by atoms with van der Waals surface area (Å²) in [5.41, 5.74) is 5.45. The second-order valence-corrected chi connectivity index (χ2v) is 5.49. The molecule has 4 nitrogen and oxygen atoms in total. The monoisotopic (exact) mass is 284 g/mol. The van der Waals surface area contributed by atoms with Gasteiger partial charge in [0.15, 0.2) is 0 Å². The lowest BCUT2D eigenvalue weighted by Gasteiger charge is -2.08. The molecule has 3 N–H and O–H groups in total. The van der Waals surface area contributed by atoms with E-state index in [-0.39, 0.29) is 29.9 Å². The molecule has 0 aliphatic heterocycles. The molecule has 0 heterocycles. The van der Waals surface area contributed by atoms with Crippen LogP contribution in [0.4, 0.5) is 0 Å². The Morgan fingerprint density at radius 3 is 2.31 bits per heavy atom. The Kier molecular flexibility index (Phi) is 6.28. The molecule has 0 radical (unpaired) electrons. The highest BCUT2D eigenvalue weighted by atomic mass is 35.5. The summed E-state index contributed by atoms with van der Waals surface area (Å²) in [6, 6.07) is 5.74. The van der Waals surface area contributed by atoms with Crippen molar-refractivity contribution in [1.82, 2.24) is 4.72 Å². The topological polar surface area (TPSA) is 72.2 Å². The van der Waals surface area contributed by atoms with E-state index in [1.54, 1.807) is 6.92 Å². The van der Waals surface area contributed by atoms with E-state index in [2.05, 4.69) is 4.72 Å². The highest BCUT2D eigenvalue weighted by Gasteiger charge is 2.13. The Labute approximate surface area is 107 Å². The van der Waals surface area contributed by atoms with E-state index in [0.717, 1.165) is 0 Å². The van der Waals surface area contributed by atoms with Gasteiger partial charge in [0.2, 0.25) is 10.0 Å². The van der Waals surface area contributed by atoms with Gasteiger partial charge in [-0.15, -0.1) is 12.4 Å². The minimum Gasteiger partial charge on any atom is -0.327 e. The Bertz CT molecular complexity index is 418. The second-order valence-electron chi connectivity index (χ2n) is 3.28. The molecular formula is C9H14Cl2N2O2S. The van der Waals surface area contributed by atoms with E-state index in [0.29, 0.717) is 5.02 Å². The third kappa shape index (κ3) is 4.67. The Morgan fingerprint density at radius 2 is 1.88 bits per heavy atom. The van der Waals surface area contributed by atoms with Gasteiger partial charge in [0.1, 0.15) is 0 Å². The average Bonchev–Trinajstić information content (AvgIpc) is 2.16. The number of halogens is 2. The SMILES string of the molecule is CC(N)CNS(=O)(=O)c1ccc(Cl)cc1.Cl. The van der Waals surface area contributed by atoms with E-state index < -0.39 is 10.0 Å². The molecule has 1 rings (SSSR count). The largest absolute Gasteiger partial charge is 0.327 e. The van der Waals surface area contributed by atoms with Crippen LogP contribution in [0.3, 0.4) is 0 Å². The molecule has 1 unspecified atom stereocenters. The summed E-state index contributed by atoms with van der Waals surface area (Å²) in [6.45, 7) is 1.94. The fraction of sp³-hybridized carbons (Fsp3) is 0.333. The number of hydrogen-bond acceptors (Lipinski definition) is 3. The summed E-state index contributed by atoms with van der Waals surface area (Å²) < 4.78 is 25.7. The van der Waals surface area contributed by atoms with Crippen molar-refractivity contribution in [2.75, 3.05) is 6.54 Å². The number of nitrogens with two attached hydrogens (primary N) is 1. The summed E-state index contributed by atoms with van der Waals surface area (Å²) in [7, 11) is -3.46. The maximum atomic E-state index is 11.6. The minimum absolute atomic E-state index is 0. The van der Waals surface area contributed by atoms with Crippen molar-refractivity contribution in [2.45, 2.75) is 17.9 Å². The number of sulfonamides is 1. The average molecular weight is 285 g/mol. The van der Waals surface area contributed by atoms with Crippen LogP contribution in [0.1, 0.15) is 6.92 Å². The Hall–Kier alpha value is -0.330. The molecule has 0 aliphatic carbocycles. The quantitative estimate of drug-likeness (QED) is 0.878. The van der Waals surface area contributed by atoms with Gasteiger partial charge in [-0.05, 0) is 31.2 Å². The van der Waals surface area contributed by atoms with Crippen molar-refractivity contribution >= 4 is 34.0 Å². The zero-order chi connectivity index (χ0) is 11.5.